The minimum Gasteiger partial charge on any atom is -0.493 e. The quantitative estimate of drug-likeness (QED) is 0.558. The number of fused-ring (bicyclic) bond motifs is 1. The molecule has 156 valence electrons. The first-order valence-corrected chi connectivity index (χ1v) is 10.2. The van der Waals surface area contributed by atoms with E-state index in [4.69, 9.17) is 14.6 Å². The second-order valence-electron chi connectivity index (χ2n) is 7.30. The molecule has 0 fully saturated rings. The summed E-state index contributed by atoms with van der Waals surface area (Å²) < 4.78 is 10.5. The van der Waals surface area contributed by atoms with Crippen molar-refractivity contribution in [2.45, 2.75) is 72.3 Å². The van der Waals surface area contributed by atoms with Crippen molar-refractivity contribution in [3.8, 4) is 5.75 Å². The van der Waals surface area contributed by atoms with Crippen molar-refractivity contribution < 1.29 is 19.4 Å². The molecule has 0 saturated heterocycles. The van der Waals surface area contributed by atoms with Gasteiger partial charge in [-0.2, -0.15) is 0 Å². The smallest absolute Gasteiger partial charge is 0.334 e. The molecule has 4 nitrogen and oxygen atoms in total. The summed E-state index contributed by atoms with van der Waals surface area (Å²) >= 11 is 0. The lowest BCUT2D eigenvalue weighted by Gasteiger charge is -2.32. The van der Waals surface area contributed by atoms with Crippen molar-refractivity contribution in [2.75, 3.05) is 13.2 Å². The van der Waals surface area contributed by atoms with Crippen LogP contribution in [0.25, 0.3) is 0 Å². The molecule has 0 aromatic heterocycles. The molecule has 2 atom stereocenters. The average molecular weight is 389 g/mol. The van der Waals surface area contributed by atoms with Gasteiger partial charge in [0.25, 0.3) is 0 Å². The van der Waals surface area contributed by atoms with Gasteiger partial charge >= 0.3 is 5.97 Å². The zero-order valence-electron chi connectivity index (χ0n) is 18.3. The molecule has 2 heterocycles. The molecular weight excluding hydrogens is 352 g/mol. The second-order valence-corrected chi connectivity index (χ2v) is 7.30. The van der Waals surface area contributed by atoms with E-state index in [1.54, 1.807) is 13.8 Å². The van der Waals surface area contributed by atoms with Crippen LogP contribution >= 0.6 is 0 Å². The molecule has 1 aromatic rings. The zero-order chi connectivity index (χ0) is 21.3. The van der Waals surface area contributed by atoms with E-state index in [0.29, 0.717) is 17.9 Å². The van der Waals surface area contributed by atoms with Crippen LogP contribution in [0.2, 0.25) is 0 Å². The highest BCUT2D eigenvalue weighted by atomic mass is 16.6. The van der Waals surface area contributed by atoms with Crippen LogP contribution in [-0.2, 0) is 16.0 Å². The maximum absolute atomic E-state index is 11.2. The average Bonchev–Trinajstić information content (AvgIpc) is 3.17. The third kappa shape index (κ3) is 5.96. The van der Waals surface area contributed by atoms with Gasteiger partial charge in [0.05, 0.1) is 13.2 Å². The van der Waals surface area contributed by atoms with E-state index in [1.165, 1.54) is 11.1 Å². The minimum absolute atomic E-state index is 0.122. The fourth-order valence-electron chi connectivity index (χ4n) is 3.27. The van der Waals surface area contributed by atoms with Gasteiger partial charge in [-0.1, -0.05) is 44.6 Å². The predicted octanol–water partition coefficient (Wildman–Crippen LogP) is 5.35. The first-order chi connectivity index (χ1) is 13.3. The number of hydrogen-bond acceptors (Lipinski definition) is 4. The van der Waals surface area contributed by atoms with Crippen molar-refractivity contribution in [3.63, 3.8) is 0 Å². The Balaban J connectivity index is 0.000000260. The fourth-order valence-corrected chi connectivity index (χ4v) is 3.27. The monoisotopic (exact) mass is 388 g/mol. The van der Waals surface area contributed by atoms with Gasteiger partial charge in [-0.3, -0.25) is 0 Å². The van der Waals surface area contributed by atoms with E-state index < -0.39 is 5.60 Å². The van der Waals surface area contributed by atoms with Crippen LogP contribution in [0, 0.1) is 0 Å². The standard InChI is InChI=1S/C13H16O.C9H14O3.C2H6/c1-3-10(4-2)11-5-6-13-12(9-11)7-8-14-13;1-6-4-9(3,5-10)12-8(11)7(6)2;1-2/h3,5-6,9-10H,1,4,7-8H2,2H3;10H,4-5H2,1-3H3;1-2H3. The van der Waals surface area contributed by atoms with Gasteiger partial charge in [0, 0.05) is 24.3 Å². The summed E-state index contributed by atoms with van der Waals surface area (Å²) in [7, 11) is 0. The number of benzene rings is 1. The maximum atomic E-state index is 11.2. The van der Waals surface area contributed by atoms with Gasteiger partial charge in [0.15, 0.2) is 0 Å². The third-order valence-electron chi connectivity index (χ3n) is 5.13. The molecule has 1 N–H and O–H groups in total. The number of allylic oxidation sites excluding steroid dienone is 1. The summed E-state index contributed by atoms with van der Waals surface area (Å²) in [5.41, 5.74) is 3.68. The number of hydrogen-bond donors (Lipinski definition) is 1. The van der Waals surface area contributed by atoms with Gasteiger partial charge in [0.1, 0.15) is 11.4 Å². The Hall–Kier alpha value is -2.07. The van der Waals surface area contributed by atoms with Gasteiger partial charge in [-0.25, -0.2) is 4.79 Å². The topological polar surface area (TPSA) is 55.8 Å². The summed E-state index contributed by atoms with van der Waals surface area (Å²) in [5, 5.41) is 8.97. The molecule has 0 radical (unpaired) electrons. The molecule has 2 unspecified atom stereocenters. The van der Waals surface area contributed by atoms with Gasteiger partial charge in [-0.05, 0) is 44.4 Å². The molecule has 2 aliphatic heterocycles. The molecule has 0 saturated carbocycles. The Bertz CT molecular complexity index is 705. The van der Waals surface area contributed by atoms with Crippen LogP contribution in [0.3, 0.4) is 0 Å². The van der Waals surface area contributed by atoms with E-state index in [0.717, 1.165) is 30.8 Å². The molecule has 0 amide bonds. The summed E-state index contributed by atoms with van der Waals surface area (Å²) in [6.45, 7) is 16.2. The van der Waals surface area contributed by atoms with Crippen LogP contribution in [0.1, 0.15) is 71.4 Å². The first kappa shape index (κ1) is 24.0. The Morgan fingerprint density at radius 1 is 1.32 bits per heavy atom. The number of cyclic esters (lactones) is 1. The highest BCUT2D eigenvalue weighted by Crippen LogP contribution is 2.30. The number of ether oxygens (including phenoxy) is 2. The maximum Gasteiger partial charge on any atom is 0.334 e. The Kier molecular flexibility index (Phi) is 9.47. The lowest BCUT2D eigenvalue weighted by molar-refractivity contribution is -0.159. The van der Waals surface area contributed by atoms with Crippen molar-refractivity contribution in [2.24, 2.45) is 0 Å². The Morgan fingerprint density at radius 3 is 2.54 bits per heavy atom. The molecule has 1 aromatic carbocycles. The molecule has 4 heteroatoms. The molecule has 0 aliphatic carbocycles. The molecular formula is C24H36O4. The fraction of sp³-hybridized carbons (Fsp3) is 0.542. The van der Waals surface area contributed by atoms with E-state index in [1.807, 2.05) is 26.8 Å². The van der Waals surface area contributed by atoms with Crippen molar-refractivity contribution in [1.29, 1.82) is 0 Å². The highest BCUT2D eigenvalue weighted by Gasteiger charge is 2.34. The van der Waals surface area contributed by atoms with Gasteiger partial charge in [0.2, 0.25) is 0 Å². The first-order valence-electron chi connectivity index (χ1n) is 10.2. The summed E-state index contributed by atoms with van der Waals surface area (Å²) in [5.74, 6) is 1.24. The highest BCUT2D eigenvalue weighted by molar-refractivity contribution is 5.89. The molecule has 3 rings (SSSR count). The molecule has 28 heavy (non-hydrogen) atoms. The van der Waals surface area contributed by atoms with Gasteiger partial charge in [-0.15, -0.1) is 6.58 Å². The molecule has 2 aliphatic rings. The predicted molar refractivity (Wildman–Crippen MR) is 115 cm³/mol. The molecule has 0 bridgehead atoms. The van der Waals surface area contributed by atoms with Gasteiger partial charge < -0.3 is 14.6 Å². The van der Waals surface area contributed by atoms with Crippen LogP contribution in [0.15, 0.2) is 42.0 Å². The summed E-state index contributed by atoms with van der Waals surface area (Å²) in [4.78, 5) is 11.2. The number of rotatable bonds is 4. The Morgan fingerprint density at radius 2 is 2.00 bits per heavy atom. The van der Waals surface area contributed by atoms with Crippen LogP contribution < -0.4 is 4.74 Å². The third-order valence-corrected chi connectivity index (χ3v) is 5.13. The van der Waals surface area contributed by atoms with Crippen LogP contribution in [0.5, 0.6) is 5.75 Å². The van der Waals surface area contributed by atoms with Crippen LogP contribution in [-0.4, -0.2) is 29.9 Å². The van der Waals surface area contributed by atoms with E-state index in [9.17, 15) is 4.79 Å². The van der Waals surface area contributed by atoms with E-state index >= 15 is 0 Å². The van der Waals surface area contributed by atoms with E-state index in [2.05, 4.69) is 31.7 Å². The number of aliphatic hydroxyl groups excluding tert-OH is 1. The number of esters is 1. The lowest BCUT2D eigenvalue weighted by atomic mass is 9.92. The number of carbonyl (C=O) groups is 1. The largest absolute Gasteiger partial charge is 0.493 e. The normalized spacial score (nSPS) is 21.2. The number of carbonyl (C=O) groups excluding carboxylic acids is 1. The lowest BCUT2D eigenvalue weighted by Crippen LogP contribution is -2.39. The number of aliphatic hydroxyl groups is 1. The zero-order valence-corrected chi connectivity index (χ0v) is 18.3. The van der Waals surface area contributed by atoms with E-state index in [-0.39, 0.29) is 12.6 Å². The molecule has 0 spiro atoms. The Labute approximate surface area is 170 Å². The van der Waals surface area contributed by atoms with Crippen molar-refractivity contribution >= 4 is 5.97 Å². The van der Waals surface area contributed by atoms with Crippen molar-refractivity contribution in [3.05, 3.63) is 53.1 Å². The summed E-state index contributed by atoms with van der Waals surface area (Å²) in [6, 6.07) is 6.50. The van der Waals surface area contributed by atoms with Crippen LogP contribution in [0.4, 0.5) is 0 Å². The van der Waals surface area contributed by atoms with Crippen molar-refractivity contribution in [1.82, 2.24) is 0 Å². The minimum atomic E-state index is -0.708. The second kappa shape index (κ2) is 11.1. The SMILES string of the molecule is C=CC(CC)c1ccc2c(c1)CCO2.CC.CC1=C(C)C(=O)OC(C)(CO)C1. The summed E-state index contributed by atoms with van der Waals surface area (Å²) in [6.07, 6.45) is 4.82.